The Hall–Kier alpha value is -1.89. The second-order valence-electron chi connectivity index (χ2n) is 5.30. The van der Waals surface area contributed by atoms with Gasteiger partial charge < -0.3 is 0 Å². The summed E-state index contributed by atoms with van der Waals surface area (Å²) in [5.41, 5.74) is 6.53. The standard InChI is InChI=1S/C18H20O/c1-12-8-9-13(2)16(10-12)11-17(19)18-14(3)6-5-7-15(18)4/h5-10H,11H2,1-4H3. The van der Waals surface area contributed by atoms with Gasteiger partial charge in [-0.1, -0.05) is 42.0 Å². The van der Waals surface area contributed by atoms with Gasteiger partial charge in [0.1, 0.15) is 0 Å². The summed E-state index contributed by atoms with van der Waals surface area (Å²) in [4.78, 5) is 12.5. The van der Waals surface area contributed by atoms with E-state index in [9.17, 15) is 4.79 Å². The van der Waals surface area contributed by atoms with E-state index in [0.717, 1.165) is 22.3 Å². The first-order chi connectivity index (χ1) is 8.99. The third kappa shape index (κ3) is 2.93. The summed E-state index contributed by atoms with van der Waals surface area (Å²) in [5, 5.41) is 0. The second-order valence-corrected chi connectivity index (χ2v) is 5.30. The number of carbonyl (C=O) groups is 1. The maximum Gasteiger partial charge on any atom is 0.167 e. The first-order valence-corrected chi connectivity index (χ1v) is 6.64. The van der Waals surface area contributed by atoms with E-state index in [2.05, 4.69) is 32.0 Å². The van der Waals surface area contributed by atoms with Gasteiger partial charge >= 0.3 is 0 Å². The average Bonchev–Trinajstić information content (AvgIpc) is 2.33. The molecule has 0 spiro atoms. The second kappa shape index (κ2) is 5.40. The van der Waals surface area contributed by atoms with Crippen molar-refractivity contribution in [2.45, 2.75) is 34.1 Å². The third-order valence-electron chi connectivity index (χ3n) is 3.62. The lowest BCUT2D eigenvalue weighted by Gasteiger charge is -2.10. The molecular formula is C18H20O. The van der Waals surface area contributed by atoms with E-state index in [-0.39, 0.29) is 5.78 Å². The summed E-state index contributed by atoms with van der Waals surface area (Å²) in [5.74, 6) is 0.212. The molecule has 0 atom stereocenters. The maximum absolute atomic E-state index is 12.5. The number of carbonyl (C=O) groups excluding carboxylic acids is 1. The highest BCUT2D eigenvalue weighted by Crippen LogP contribution is 2.18. The highest BCUT2D eigenvalue weighted by atomic mass is 16.1. The van der Waals surface area contributed by atoms with Crippen molar-refractivity contribution in [3.05, 3.63) is 69.8 Å². The van der Waals surface area contributed by atoms with Crippen molar-refractivity contribution in [3.8, 4) is 0 Å². The van der Waals surface area contributed by atoms with E-state index < -0.39 is 0 Å². The molecule has 1 nitrogen and oxygen atoms in total. The van der Waals surface area contributed by atoms with Crippen LogP contribution in [0.1, 0.15) is 38.2 Å². The van der Waals surface area contributed by atoms with E-state index >= 15 is 0 Å². The van der Waals surface area contributed by atoms with Crippen LogP contribution in [0.5, 0.6) is 0 Å². The molecule has 98 valence electrons. The summed E-state index contributed by atoms with van der Waals surface area (Å²) < 4.78 is 0. The van der Waals surface area contributed by atoms with Crippen LogP contribution in [0.3, 0.4) is 0 Å². The fourth-order valence-electron chi connectivity index (χ4n) is 2.51. The minimum Gasteiger partial charge on any atom is -0.294 e. The largest absolute Gasteiger partial charge is 0.294 e. The average molecular weight is 252 g/mol. The Kier molecular flexibility index (Phi) is 3.84. The van der Waals surface area contributed by atoms with E-state index in [1.54, 1.807) is 0 Å². The summed E-state index contributed by atoms with van der Waals surface area (Å²) >= 11 is 0. The molecule has 0 aromatic heterocycles. The quantitative estimate of drug-likeness (QED) is 0.742. The molecule has 2 aromatic rings. The summed E-state index contributed by atoms with van der Waals surface area (Å²) in [7, 11) is 0. The van der Waals surface area contributed by atoms with Crippen LogP contribution in [-0.2, 0) is 6.42 Å². The van der Waals surface area contributed by atoms with Gasteiger partial charge in [-0.25, -0.2) is 0 Å². The lowest BCUT2D eigenvalue weighted by Crippen LogP contribution is -2.09. The Labute approximate surface area is 115 Å². The molecule has 0 heterocycles. The SMILES string of the molecule is Cc1ccc(C)c(CC(=O)c2c(C)cccc2C)c1. The van der Waals surface area contributed by atoms with Crippen LogP contribution in [0.15, 0.2) is 36.4 Å². The van der Waals surface area contributed by atoms with Crippen LogP contribution >= 0.6 is 0 Å². The molecule has 2 aromatic carbocycles. The lowest BCUT2D eigenvalue weighted by atomic mass is 9.93. The van der Waals surface area contributed by atoms with Crippen molar-refractivity contribution < 1.29 is 4.79 Å². The Balaban J connectivity index is 2.34. The van der Waals surface area contributed by atoms with E-state index in [1.165, 1.54) is 11.1 Å². The topological polar surface area (TPSA) is 17.1 Å². The van der Waals surface area contributed by atoms with Gasteiger partial charge in [-0.3, -0.25) is 4.79 Å². The van der Waals surface area contributed by atoms with Gasteiger partial charge in [-0.05, 0) is 49.9 Å². The fraction of sp³-hybridized carbons (Fsp3) is 0.278. The van der Waals surface area contributed by atoms with Crippen molar-refractivity contribution >= 4 is 5.78 Å². The van der Waals surface area contributed by atoms with Gasteiger partial charge in [0, 0.05) is 12.0 Å². The monoisotopic (exact) mass is 252 g/mol. The molecule has 0 saturated heterocycles. The Bertz CT molecular complexity index is 603. The van der Waals surface area contributed by atoms with Crippen LogP contribution in [-0.4, -0.2) is 5.78 Å². The highest BCUT2D eigenvalue weighted by molar-refractivity contribution is 6.00. The molecule has 0 aliphatic heterocycles. The molecule has 0 aliphatic carbocycles. The van der Waals surface area contributed by atoms with Crippen LogP contribution in [0.25, 0.3) is 0 Å². The number of ketones is 1. The number of hydrogen-bond acceptors (Lipinski definition) is 1. The van der Waals surface area contributed by atoms with Gasteiger partial charge in [0.25, 0.3) is 0 Å². The molecular weight excluding hydrogens is 232 g/mol. The zero-order chi connectivity index (χ0) is 14.0. The van der Waals surface area contributed by atoms with E-state index in [0.29, 0.717) is 6.42 Å². The Morgan fingerprint density at radius 3 is 2.16 bits per heavy atom. The van der Waals surface area contributed by atoms with Crippen molar-refractivity contribution in [2.24, 2.45) is 0 Å². The first-order valence-electron chi connectivity index (χ1n) is 6.64. The number of benzene rings is 2. The number of Topliss-reactive ketones (excluding diaryl/α,β-unsaturated/α-hetero) is 1. The lowest BCUT2D eigenvalue weighted by molar-refractivity contribution is 0.0991. The maximum atomic E-state index is 12.5. The molecule has 0 N–H and O–H groups in total. The molecule has 0 aliphatic rings. The molecule has 19 heavy (non-hydrogen) atoms. The molecule has 2 rings (SSSR count). The van der Waals surface area contributed by atoms with Gasteiger partial charge in [-0.15, -0.1) is 0 Å². The number of rotatable bonds is 3. The van der Waals surface area contributed by atoms with Crippen molar-refractivity contribution in [1.82, 2.24) is 0 Å². The zero-order valence-corrected chi connectivity index (χ0v) is 12.1. The first kappa shape index (κ1) is 13.5. The van der Waals surface area contributed by atoms with Gasteiger partial charge in [0.2, 0.25) is 0 Å². The molecule has 0 radical (unpaired) electrons. The third-order valence-corrected chi connectivity index (χ3v) is 3.62. The Morgan fingerprint density at radius 2 is 1.53 bits per heavy atom. The molecule has 0 saturated carbocycles. The number of aryl methyl sites for hydroxylation is 4. The smallest absolute Gasteiger partial charge is 0.167 e. The van der Waals surface area contributed by atoms with Crippen LogP contribution < -0.4 is 0 Å². The molecule has 0 fully saturated rings. The molecule has 1 heteroatoms. The molecule has 0 bridgehead atoms. The normalized spacial score (nSPS) is 10.5. The van der Waals surface area contributed by atoms with Crippen molar-refractivity contribution in [2.75, 3.05) is 0 Å². The van der Waals surface area contributed by atoms with Crippen molar-refractivity contribution in [3.63, 3.8) is 0 Å². The molecule has 0 amide bonds. The van der Waals surface area contributed by atoms with Crippen LogP contribution in [0.4, 0.5) is 0 Å². The minimum atomic E-state index is 0.212. The minimum absolute atomic E-state index is 0.212. The van der Waals surface area contributed by atoms with Gasteiger partial charge in [0.15, 0.2) is 5.78 Å². The highest BCUT2D eigenvalue weighted by Gasteiger charge is 2.13. The Morgan fingerprint density at radius 1 is 0.895 bits per heavy atom. The van der Waals surface area contributed by atoms with E-state index in [1.807, 2.05) is 32.0 Å². The van der Waals surface area contributed by atoms with Gasteiger partial charge in [-0.2, -0.15) is 0 Å². The van der Waals surface area contributed by atoms with Crippen LogP contribution in [0, 0.1) is 27.7 Å². The fourth-order valence-corrected chi connectivity index (χ4v) is 2.51. The van der Waals surface area contributed by atoms with Crippen molar-refractivity contribution in [1.29, 1.82) is 0 Å². The predicted octanol–water partition coefficient (Wildman–Crippen LogP) is 4.35. The summed E-state index contributed by atoms with van der Waals surface area (Å²) in [6, 6.07) is 12.3. The predicted molar refractivity (Wildman–Crippen MR) is 79.9 cm³/mol. The summed E-state index contributed by atoms with van der Waals surface area (Å²) in [6.07, 6.45) is 0.485. The summed E-state index contributed by atoms with van der Waals surface area (Å²) in [6.45, 7) is 8.13. The van der Waals surface area contributed by atoms with Gasteiger partial charge in [0.05, 0.1) is 0 Å². The van der Waals surface area contributed by atoms with Crippen LogP contribution in [0.2, 0.25) is 0 Å². The number of hydrogen-bond donors (Lipinski definition) is 0. The molecule has 0 unspecified atom stereocenters. The van der Waals surface area contributed by atoms with E-state index in [4.69, 9.17) is 0 Å². The zero-order valence-electron chi connectivity index (χ0n) is 12.1.